The minimum absolute atomic E-state index is 0.284. The molecule has 0 saturated carbocycles. The minimum atomic E-state index is -0.284. The fourth-order valence-corrected chi connectivity index (χ4v) is 2.85. The molecule has 0 atom stereocenters. The molecule has 0 unspecified atom stereocenters. The van der Waals surface area contributed by atoms with E-state index in [1.165, 1.54) is 12.1 Å². The zero-order chi connectivity index (χ0) is 16.5. The van der Waals surface area contributed by atoms with Gasteiger partial charge in [0.2, 0.25) is 0 Å². The molecule has 0 amide bonds. The predicted molar refractivity (Wildman–Crippen MR) is 93.6 cm³/mol. The Morgan fingerprint density at radius 2 is 1.58 bits per heavy atom. The van der Waals surface area contributed by atoms with E-state index < -0.39 is 0 Å². The number of rotatable bonds is 3. The highest BCUT2D eigenvalue weighted by Crippen LogP contribution is 2.36. The van der Waals surface area contributed by atoms with Gasteiger partial charge in [0, 0.05) is 16.5 Å². The van der Waals surface area contributed by atoms with Crippen LogP contribution < -0.4 is 4.74 Å². The molecule has 4 rings (SSSR count). The van der Waals surface area contributed by atoms with Crippen LogP contribution in [-0.2, 0) is 0 Å². The molecule has 0 radical (unpaired) electrons. The van der Waals surface area contributed by atoms with Crippen LogP contribution in [0.4, 0.5) is 4.39 Å². The van der Waals surface area contributed by atoms with E-state index in [1.807, 2.05) is 60.7 Å². The molecule has 0 aliphatic rings. The first-order valence-electron chi connectivity index (χ1n) is 7.67. The lowest BCUT2D eigenvalue weighted by molar-refractivity contribution is 0.415. The Balaban J connectivity index is 1.90. The molecule has 0 aliphatic heterocycles. The van der Waals surface area contributed by atoms with E-state index in [0.29, 0.717) is 5.58 Å². The second-order valence-corrected chi connectivity index (χ2v) is 5.58. The first-order chi connectivity index (χ1) is 11.7. The van der Waals surface area contributed by atoms with Gasteiger partial charge in [0.05, 0.1) is 7.11 Å². The van der Waals surface area contributed by atoms with E-state index in [1.54, 1.807) is 7.11 Å². The summed E-state index contributed by atoms with van der Waals surface area (Å²) in [4.78, 5) is 0. The minimum Gasteiger partial charge on any atom is -0.497 e. The Hall–Kier alpha value is -3.07. The van der Waals surface area contributed by atoms with Crippen LogP contribution in [0.15, 0.2) is 77.2 Å². The quantitative estimate of drug-likeness (QED) is 0.468. The summed E-state index contributed by atoms with van der Waals surface area (Å²) in [5.74, 6) is 1.20. The maximum absolute atomic E-state index is 14.1. The highest BCUT2D eigenvalue weighted by Gasteiger charge is 2.13. The first kappa shape index (κ1) is 14.5. The molecule has 0 saturated heterocycles. The monoisotopic (exact) mass is 318 g/mol. The van der Waals surface area contributed by atoms with Crippen molar-refractivity contribution in [3.8, 4) is 28.2 Å². The van der Waals surface area contributed by atoms with Gasteiger partial charge < -0.3 is 9.15 Å². The van der Waals surface area contributed by atoms with Gasteiger partial charge in [0.1, 0.15) is 22.9 Å². The molecule has 2 nitrogen and oxygen atoms in total. The van der Waals surface area contributed by atoms with Crippen LogP contribution in [0.25, 0.3) is 33.4 Å². The van der Waals surface area contributed by atoms with E-state index in [0.717, 1.165) is 33.6 Å². The fourth-order valence-electron chi connectivity index (χ4n) is 2.85. The molecule has 0 fully saturated rings. The molecular weight excluding hydrogens is 303 g/mol. The summed E-state index contributed by atoms with van der Waals surface area (Å²) in [6.45, 7) is 0. The normalized spacial score (nSPS) is 10.9. The summed E-state index contributed by atoms with van der Waals surface area (Å²) >= 11 is 0. The van der Waals surface area contributed by atoms with E-state index >= 15 is 0 Å². The van der Waals surface area contributed by atoms with Gasteiger partial charge in [-0.1, -0.05) is 42.5 Å². The third-order valence-electron chi connectivity index (χ3n) is 4.04. The number of furan rings is 1. The van der Waals surface area contributed by atoms with Crippen molar-refractivity contribution in [1.29, 1.82) is 0 Å². The lowest BCUT2D eigenvalue weighted by Gasteiger charge is -2.05. The molecule has 0 aliphatic carbocycles. The first-order valence-corrected chi connectivity index (χ1v) is 7.67. The molecule has 3 heteroatoms. The standard InChI is InChI=1S/C21H15FO2/c1-23-18-9-7-14(8-10-18)19-13-17(22)11-16-12-20(24-21(16)19)15-5-3-2-4-6-15/h2-13H,1H3. The number of ether oxygens (including phenoxy) is 1. The van der Waals surface area contributed by atoms with Crippen molar-refractivity contribution >= 4 is 11.0 Å². The summed E-state index contributed by atoms with van der Waals surface area (Å²) in [7, 11) is 1.62. The SMILES string of the molecule is COc1ccc(-c2cc(F)cc3cc(-c4ccccc4)oc23)cc1. The van der Waals surface area contributed by atoms with Gasteiger partial charge in [-0.15, -0.1) is 0 Å². The second-order valence-electron chi connectivity index (χ2n) is 5.58. The molecule has 3 aromatic carbocycles. The summed E-state index contributed by atoms with van der Waals surface area (Å²) in [5.41, 5.74) is 3.26. The van der Waals surface area contributed by atoms with Gasteiger partial charge in [-0.25, -0.2) is 4.39 Å². The van der Waals surface area contributed by atoms with Crippen molar-refractivity contribution in [2.24, 2.45) is 0 Å². The summed E-state index contributed by atoms with van der Waals surface area (Å²) in [5, 5.41) is 0.750. The number of methoxy groups -OCH3 is 1. The summed E-state index contributed by atoms with van der Waals surface area (Å²) < 4.78 is 25.3. The third-order valence-corrected chi connectivity index (χ3v) is 4.04. The third kappa shape index (κ3) is 2.54. The van der Waals surface area contributed by atoms with E-state index in [9.17, 15) is 4.39 Å². The highest BCUT2D eigenvalue weighted by molar-refractivity contribution is 5.95. The Bertz CT molecular complexity index is 986. The van der Waals surface area contributed by atoms with Crippen molar-refractivity contribution in [3.05, 3.63) is 78.6 Å². The van der Waals surface area contributed by atoms with Gasteiger partial charge >= 0.3 is 0 Å². The van der Waals surface area contributed by atoms with E-state index in [2.05, 4.69) is 0 Å². The van der Waals surface area contributed by atoms with E-state index in [-0.39, 0.29) is 5.82 Å². The predicted octanol–water partition coefficient (Wildman–Crippen LogP) is 5.91. The maximum Gasteiger partial charge on any atom is 0.142 e. The van der Waals surface area contributed by atoms with Gasteiger partial charge in [0.15, 0.2) is 0 Å². The topological polar surface area (TPSA) is 22.4 Å². The smallest absolute Gasteiger partial charge is 0.142 e. The van der Waals surface area contributed by atoms with Crippen molar-refractivity contribution < 1.29 is 13.5 Å². The number of benzene rings is 3. The Morgan fingerprint density at radius 1 is 0.833 bits per heavy atom. The van der Waals surface area contributed by atoms with Crippen molar-refractivity contribution in [3.63, 3.8) is 0 Å². The van der Waals surface area contributed by atoms with Crippen molar-refractivity contribution in [2.45, 2.75) is 0 Å². The van der Waals surface area contributed by atoms with Crippen LogP contribution in [0.1, 0.15) is 0 Å². The molecule has 1 aromatic heterocycles. The largest absolute Gasteiger partial charge is 0.497 e. The average molecular weight is 318 g/mol. The van der Waals surface area contributed by atoms with Gasteiger partial charge in [-0.2, -0.15) is 0 Å². The van der Waals surface area contributed by atoms with Gasteiger partial charge in [-0.05, 0) is 35.9 Å². The highest BCUT2D eigenvalue weighted by atomic mass is 19.1. The maximum atomic E-state index is 14.1. The lowest BCUT2D eigenvalue weighted by atomic mass is 10.0. The lowest BCUT2D eigenvalue weighted by Crippen LogP contribution is -1.84. The second kappa shape index (κ2) is 5.85. The van der Waals surface area contributed by atoms with E-state index in [4.69, 9.17) is 9.15 Å². The summed E-state index contributed by atoms with van der Waals surface area (Å²) in [6, 6.07) is 22.2. The van der Waals surface area contributed by atoms with Crippen LogP contribution >= 0.6 is 0 Å². The Labute approximate surface area is 139 Å². The molecule has 0 bridgehead atoms. The molecule has 0 N–H and O–H groups in total. The fraction of sp³-hybridized carbons (Fsp3) is 0.0476. The molecule has 24 heavy (non-hydrogen) atoms. The molecular formula is C21H15FO2. The Kier molecular flexibility index (Phi) is 3.54. The average Bonchev–Trinajstić information content (AvgIpc) is 3.06. The van der Waals surface area contributed by atoms with Gasteiger partial charge in [-0.3, -0.25) is 0 Å². The van der Waals surface area contributed by atoms with Crippen molar-refractivity contribution in [2.75, 3.05) is 7.11 Å². The molecule has 4 aromatic rings. The molecule has 1 heterocycles. The van der Waals surface area contributed by atoms with Crippen molar-refractivity contribution in [1.82, 2.24) is 0 Å². The number of hydrogen-bond donors (Lipinski definition) is 0. The Morgan fingerprint density at radius 3 is 2.29 bits per heavy atom. The van der Waals surface area contributed by atoms with Crippen LogP contribution in [-0.4, -0.2) is 7.11 Å². The number of hydrogen-bond acceptors (Lipinski definition) is 2. The van der Waals surface area contributed by atoms with Gasteiger partial charge in [0.25, 0.3) is 0 Å². The molecule has 118 valence electrons. The van der Waals surface area contributed by atoms with Crippen LogP contribution in [0, 0.1) is 5.82 Å². The van der Waals surface area contributed by atoms with Crippen LogP contribution in [0.5, 0.6) is 5.75 Å². The zero-order valence-corrected chi connectivity index (χ0v) is 13.1. The number of halogens is 1. The number of fused-ring (bicyclic) bond motifs is 1. The zero-order valence-electron chi connectivity index (χ0n) is 13.1. The van der Waals surface area contributed by atoms with Crippen LogP contribution in [0.3, 0.4) is 0 Å². The summed E-state index contributed by atoms with van der Waals surface area (Å²) in [6.07, 6.45) is 0. The van der Waals surface area contributed by atoms with Crippen LogP contribution in [0.2, 0.25) is 0 Å². The molecule has 0 spiro atoms.